The molecule has 0 radical (unpaired) electrons. The van der Waals surface area contributed by atoms with E-state index in [9.17, 15) is 17.6 Å². The molecule has 0 spiro atoms. The first-order chi connectivity index (χ1) is 6.59. The molecule has 0 bridgehead atoms. The van der Waals surface area contributed by atoms with Crippen LogP contribution in [0.25, 0.3) is 0 Å². The van der Waals surface area contributed by atoms with E-state index in [0.717, 1.165) is 0 Å². The lowest BCUT2D eigenvalue weighted by Gasteiger charge is -2.08. The molecule has 0 aliphatic heterocycles. The molecule has 1 aromatic carbocycles. The molecule has 0 amide bonds. The Labute approximate surface area is 82.1 Å². The van der Waals surface area contributed by atoms with Crippen LogP contribution >= 0.6 is 11.8 Å². The zero-order valence-electron chi connectivity index (χ0n) is 6.79. The van der Waals surface area contributed by atoms with E-state index in [1.54, 1.807) is 0 Å². The maximum atomic E-state index is 12.0. The van der Waals surface area contributed by atoms with Gasteiger partial charge in [0.25, 0.3) is 5.76 Å². The van der Waals surface area contributed by atoms with Crippen LogP contribution < -0.4 is 4.74 Å². The maximum Gasteiger partial charge on any atom is 0.387 e. The quantitative estimate of drug-likeness (QED) is 0.573. The number of hydrogen-bond donors (Lipinski definition) is 0. The molecular formula is C8H6F4OS. The first-order valence-electron chi connectivity index (χ1n) is 3.58. The number of hydrogen-bond acceptors (Lipinski definition) is 2. The van der Waals surface area contributed by atoms with Gasteiger partial charge >= 0.3 is 6.61 Å². The standard InChI is InChI=1S/C8H6F4OS/c9-7(10)13-5-3-1-2-4-6(5)14-8(11)12/h1-4,7-8H. The van der Waals surface area contributed by atoms with Gasteiger partial charge in [-0.2, -0.15) is 17.6 Å². The van der Waals surface area contributed by atoms with Gasteiger partial charge < -0.3 is 4.74 Å². The number of ether oxygens (including phenoxy) is 1. The van der Waals surface area contributed by atoms with Crippen molar-refractivity contribution in [1.29, 1.82) is 0 Å². The average molecular weight is 226 g/mol. The number of halogens is 4. The van der Waals surface area contributed by atoms with Gasteiger partial charge in [-0.3, -0.25) is 0 Å². The summed E-state index contributed by atoms with van der Waals surface area (Å²) in [6.45, 7) is -3.01. The van der Waals surface area contributed by atoms with Crippen molar-refractivity contribution >= 4 is 11.8 Å². The third kappa shape index (κ3) is 3.45. The van der Waals surface area contributed by atoms with Crippen molar-refractivity contribution in [2.45, 2.75) is 17.3 Å². The molecule has 6 heteroatoms. The highest BCUT2D eigenvalue weighted by atomic mass is 32.2. The molecule has 0 saturated heterocycles. The molecular weight excluding hydrogens is 220 g/mol. The van der Waals surface area contributed by atoms with Gasteiger partial charge in [-0.15, -0.1) is 0 Å². The van der Waals surface area contributed by atoms with Crippen LogP contribution in [0, 0.1) is 0 Å². The fraction of sp³-hybridized carbons (Fsp3) is 0.250. The predicted octanol–water partition coefficient (Wildman–Crippen LogP) is 3.60. The normalized spacial score (nSPS) is 11.0. The highest BCUT2D eigenvalue weighted by molar-refractivity contribution is 7.99. The van der Waals surface area contributed by atoms with E-state index >= 15 is 0 Å². The molecule has 0 saturated carbocycles. The third-order valence-corrected chi connectivity index (χ3v) is 2.05. The average Bonchev–Trinajstić information content (AvgIpc) is 2.06. The van der Waals surface area contributed by atoms with E-state index < -0.39 is 12.4 Å². The number of para-hydroxylation sites is 1. The highest BCUT2D eigenvalue weighted by Crippen LogP contribution is 2.33. The molecule has 0 aromatic heterocycles. The van der Waals surface area contributed by atoms with Gasteiger partial charge in [-0.25, -0.2) is 0 Å². The molecule has 1 rings (SSSR count). The molecule has 0 heterocycles. The van der Waals surface area contributed by atoms with E-state index in [4.69, 9.17) is 0 Å². The first-order valence-corrected chi connectivity index (χ1v) is 4.46. The second-order valence-corrected chi connectivity index (χ2v) is 3.24. The van der Waals surface area contributed by atoms with E-state index in [1.807, 2.05) is 0 Å². The number of rotatable bonds is 4. The van der Waals surface area contributed by atoms with E-state index in [-0.39, 0.29) is 22.4 Å². The molecule has 0 fully saturated rings. The van der Waals surface area contributed by atoms with Gasteiger partial charge in [0.15, 0.2) is 0 Å². The summed E-state index contributed by atoms with van der Waals surface area (Å²) in [5.74, 6) is -2.88. The SMILES string of the molecule is FC(F)Oc1ccccc1SC(F)F. The zero-order chi connectivity index (χ0) is 10.6. The van der Waals surface area contributed by atoms with Gasteiger partial charge in [-0.05, 0) is 12.1 Å². The lowest BCUT2D eigenvalue weighted by Crippen LogP contribution is -2.03. The van der Waals surface area contributed by atoms with Gasteiger partial charge in [-0.1, -0.05) is 23.9 Å². The Hall–Kier alpha value is -0.910. The van der Waals surface area contributed by atoms with Crippen molar-refractivity contribution < 1.29 is 22.3 Å². The lowest BCUT2D eigenvalue weighted by molar-refractivity contribution is -0.0517. The molecule has 1 aromatic rings. The summed E-state index contributed by atoms with van der Waals surface area (Å²) in [5.41, 5.74) is 0. The number of thioether (sulfide) groups is 1. The second-order valence-electron chi connectivity index (χ2n) is 2.20. The van der Waals surface area contributed by atoms with Crippen molar-refractivity contribution in [3.63, 3.8) is 0 Å². The molecule has 0 aliphatic carbocycles. The lowest BCUT2D eigenvalue weighted by atomic mass is 10.3. The van der Waals surface area contributed by atoms with Crippen LogP contribution in [0.5, 0.6) is 5.75 Å². The summed E-state index contributed by atoms with van der Waals surface area (Å²) in [7, 11) is 0. The summed E-state index contributed by atoms with van der Waals surface area (Å²) >= 11 is 0.175. The minimum Gasteiger partial charge on any atom is -0.434 e. The zero-order valence-corrected chi connectivity index (χ0v) is 7.61. The molecule has 0 aliphatic rings. The molecule has 0 unspecified atom stereocenters. The Morgan fingerprint density at radius 1 is 1.07 bits per heavy atom. The van der Waals surface area contributed by atoms with E-state index in [0.29, 0.717) is 0 Å². The molecule has 14 heavy (non-hydrogen) atoms. The number of benzene rings is 1. The van der Waals surface area contributed by atoms with Crippen LogP contribution in [0.15, 0.2) is 29.2 Å². The summed E-state index contributed by atoms with van der Waals surface area (Å²) < 4.78 is 51.6. The monoisotopic (exact) mass is 226 g/mol. The van der Waals surface area contributed by atoms with E-state index in [2.05, 4.69) is 4.74 Å². The van der Waals surface area contributed by atoms with Gasteiger partial charge in [0.2, 0.25) is 0 Å². The topological polar surface area (TPSA) is 9.23 Å². The van der Waals surface area contributed by atoms with Gasteiger partial charge in [0.05, 0.1) is 4.90 Å². The fourth-order valence-electron chi connectivity index (χ4n) is 0.837. The summed E-state index contributed by atoms with van der Waals surface area (Å²) in [4.78, 5) is 0.00259. The van der Waals surface area contributed by atoms with Crippen LogP contribution in [0.2, 0.25) is 0 Å². The molecule has 1 nitrogen and oxygen atoms in total. The summed E-state index contributed by atoms with van der Waals surface area (Å²) in [6.07, 6.45) is 0. The van der Waals surface area contributed by atoms with Crippen molar-refractivity contribution in [1.82, 2.24) is 0 Å². The Balaban J connectivity index is 2.80. The minimum absolute atomic E-state index is 0.00259. The summed E-state index contributed by atoms with van der Waals surface area (Å²) in [6, 6.07) is 5.43. The van der Waals surface area contributed by atoms with Gasteiger partial charge in [0, 0.05) is 0 Å². The Morgan fingerprint density at radius 2 is 1.71 bits per heavy atom. The molecule has 0 atom stereocenters. The Bertz CT molecular complexity index is 263. The minimum atomic E-state index is -3.01. The van der Waals surface area contributed by atoms with Crippen molar-refractivity contribution in [2.75, 3.05) is 0 Å². The molecule has 78 valence electrons. The molecule has 0 N–H and O–H groups in total. The predicted molar refractivity (Wildman–Crippen MR) is 44.9 cm³/mol. The number of alkyl halides is 4. The smallest absolute Gasteiger partial charge is 0.387 e. The maximum absolute atomic E-state index is 12.0. The van der Waals surface area contributed by atoms with Gasteiger partial charge in [0.1, 0.15) is 5.75 Å². The Kier molecular flexibility index (Phi) is 4.06. The third-order valence-electron chi connectivity index (χ3n) is 1.28. The Morgan fingerprint density at radius 3 is 2.29 bits per heavy atom. The largest absolute Gasteiger partial charge is 0.434 e. The fourth-order valence-corrected chi connectivity index (χ4v) is 1.42. The summed E-state index contributed by atoms with van der Waals surface area (Å²) in [5, 5.41) is 0. The van der Waals surface area contributed by atoms with Crippen LogP contribution in [0.1, 0.15) is 0 Å². The first kappa shape index (κ1) is 11.2. The van der Waals surface area contributed by atoms with E-state index in [1.165, 1.54) is 24.3 Å². The van der Waals surface area contributed by atoms with Crippen LogP contribution in [-0.4, -0.2) is 12.4 Å². The van der Waals surface area contributed by atoms with Crippen LogP contribution in [-0.2, 0) is 0 Å². The van der Waals surface area contributed by atoms with Crippen molar-refractivity contribution in [2.24, 2.45) is 0 Å². The van der Waals surface area contributed by atoms with Crippen molar-refractivity contribution in [3.8, 4) is 5.75 Å². The van der Waals surface area contributed by atoms with Crippen LogP contribution in [0.4, 0.5) is 17.6 Å². The highest BCUT2D eigenvalue weighted by Gasteiger charge is 2.13. The van der Waals surface area contributed by atoms with Crippen molar-refractivity contribution in [3.05, 3.63) is 24.3 Å². The second kappa shape index (κ2) is 5.09. The van der Waals surface area contributed by atoms with Crippen LogP contribution in [0.3, 0.4) is 0 Å².